The van der Waals surface area contributed by atoms with Gasteiger partial charge in [-0.15, -0.1) is 23.1 Å². The minimum Gasteiger partial charge on any atom is -0.380 e. The van der Waals surface area contributed by atoms with Crippen LogP contribution in [0.4, 0.5) is 30.2 Å². The van der Waals surface area contributed by atoms with Gasteiger partial charge in [0.05, 0.1) is 78.0 Å². The number of methoxy groups -OCH3 is 5. The minimum absolute atomic E-state index is 0.00696. The van der Waals surface area contributed by atoms with E-state index in [4.69, 9.17) is 23.7 Å². The molecule has 3 saturated heterocycles. The second-order valence-corrected chi connectivity index (χ2v) is 39.6. The Bertz CT molecular complexity index is 7230. The third-order valence-electron chi connectivity index (χ3n) is 28.2. The average molecular weight is 2050 g/mol. The van der Waals surface area contributed by atoms with E-state index in [1.54, 1.807) is 121 Å². The second kappa shape index (κ2) is 46.1. The number of rotatable bonds is 30. The number of nitrogens with zero attached hydrogens (tertiary/aromatic N) is 16. The van der Waals surface area contributed by atoms with Crippen molar-refractivity contribution in [3.8, 4) is 67.2 Å². The molecule has 6 N–H and O–H groups in total. The molecule has 0 saturated carbocycles. The summed E-state index contributed by atoms with van der Waals surface area (Å²) in [6, 6.07) is 52.8. The summed E-state index contributed by atoms with van der Waals surface area (Å²) < 4.78 is 69.2. The summed E-state index contributed by atoms with van der Waals surface area (Å²) in [6.07, 6.45) is 24.2. The number of thioether (sulfide) groups is 1. The van der Waals surface area contributed by atoms with Crippen LogP contribution in [0.25, 0.3) is 117 Å². The molecular weight excluding hydrogens is 1940 g/mol. The molecule has 6 amide bonds. The van der Waals surface area contributed by atoms with Crippen LogP contribution in [0.2, 0.25) is 0 Å². The van der Waals surface area contributed by atoms with Gasteiger partial charge in [0.1, 0.15) is 27.2 Å². The number of anilines is 3. The zero-order valence-electron chi connectivity index (χ0n) is 83.1. The molecule has 764 valence electrons. The molecule has 0 spiro atoms. The first-order chi connectivity index (χ1) is 72.6. The molecule has 149 heavy (non-hydrogen) atoms. The molecule has 3 atom stereocenters. The van der Waals surface area contributed by atoms with Gasteiger partial charge in [0.15, 0.2) is 28.7 Å². The standard InChI is InChI=1S/C38H38FN7O4.C38H38FN7O3S.C35H35FN8O4S/c2*1-49-23-29-20-28(8-10-32(29)39)35-31-21-30(9-11-33(31)43-44-35)42-37(48)38(50-2)14-19-45(24-38)22-34(47)46-17-12-26(13-18-46)25-4-6-27(7-5-25)36-40-15-3-16-41-36;1-47-20-24-16-23(4-6-27(24)36)31-26-17-25(5-7-28(26)41-42-31)40-34(46)35(48-2)10-15-43(21-35)19-30(45)44-13-8-22(9-14-44)33-39-18-29(49-33)32-37-11-3-12-38-32/h2*3-12,15-16,20-21H,13-14,17-19,22-24H2,1-2H3,(H,42,48)(H,43,44);3-8,11-12,16-18H,9-10,13-15,19-21H2,1-2H3,(H,40,46)(H,41,42)/t2*38-;35-/m000/s1. The molecule has 0 unspecified atom stereocenters. The smallest absolute Gasteiger partial charge is 0.258 e. The summed E-state index contributed by atoms with van der Waals surface area (Å²) in [7, 11) is 7.62. The van der Waals surface area contributed by atoms with E-state index < -0.39 is 15.9 Å². The highest BCUT2D eigenvalue weighted by atomic mass is 32.2. The van der Waals surface area contributed by atoms with Crippen LogP contribution in [0.3, 0.4) is 0 Å². The number of halogens is 3. The van der Waals surface area contributed by atoms with Crippen molar-refractivity contribution in [3.05, 3.63) is 288 Å². The maximum atomic E-state index is 14.3. The lowest BCUT2D eigenvalue weighted by atomic mass is 9.98. The number of hydrogen-bond acceptors (Lipinski definition) is 26. The lowest BCUT2D eigenvalue weighted by Gasteiger charge is -2.30. The molecule has 6 aliphatic heterocycles. The van der Waals surface area contributed by atoms with Gasteiger partial charge in [0.2, 0.25) is 23.6 Å². The maximum absolute atomic E-state index is 14.3. The molecule has 38 heteroatoms. The van der Waals surface area contributed by atoms with Crippen LogP contribution in [0, 0.1) is 17.5 Å². The van der Waals surface area contributed by atoms with Gasteiger partial charge >= 0.3 is 0 Å². The van der Waals surface area contributed by atoms with E-state index in [2.05, 4.69) is 129 Å². The maximum Gasteiger partial charge on any atom is 0.258 e. The van der Waals surface area contributed by atoms with Gasteiger partial charge in [-0.2, -0.15) is 15.3 Å². The Balaban J connectivity index is 0.000000140. The highest BCUT2D eigenvalue weighted by molar-refractivity contribution is 8.00. The lowest BCUT2D eigenvalue weighted by Crippen LogP contribution is -2.48. The van der Waals surface area contributed by atoms with E-state index in [0.29, 0.717) is 166 Å². The number of fused-ring (bicyclic) bond motifs is 3. The molecule has 0 aliphatic carbocycles. The number of nitrogens with one attached hydrogen (secondary N) is 6. The first-order valence-electron chi connectivity index (χ1n) is 49.0. The average Bonchev–Trinajstić information content (AvgIpc) is 1.65. The van der Waals surface area contributed by atoms with Crippen molar-refractivity contribution in [1.82, 2.24) is 94.9 Å². The number of H-pyrrole nitrogens is 3. The van der Waals surface area contributed by atoms with Crippen molar-refractivity contribution < 1.29 is 65.6 Å². The summed E-state index contributed by atoms with van der Waals surface area (Å²) in [5, 5.41) is 34.9. The van der Waals surface area contributed by atoms with Crippen molar-refractivity contribution >= 4 is 125 Å². The molecule has 8 aromatic carbocycles. The first kappa shape index (κ1) is 102. The largest absolute Gasteiger partial charge is 0.380 e. The molecule has 13 heterocycles. The number of carbonyl (C=O) groups is 6. The van der Waals surface area contributed by atoms with Crippen LogP contribution < -0.4 is 16.0 Å². The Labute approximate surface area is 865 Å². The number of aromatic amines is 3. The number of benzene rings is 8. The van der Waals surface area contributed by atoms with E-state index in [1.807, 2.05) is 97.5 Å². The first-order valence-corrected chi connectivity index (χ1v) is 51.1. The van der Waals surface area contributed by atoms with Gasteiger partial charge in [-0.3, -0.25) is 58.8 Å². The van der Waals surface area contributed by atoms with Crippen LogP contribution in [-0.2, 0) is 72.3 Å². The van der Waals surface area contributed by atoms with Crippen molar-refractivity contribution in [2.45, 2.75) is 74.3 Å². The Morgan fingerprint density at radius 2 is 0.732 bits per heavy atom. The van der Waals surface area contributed by atoms with Gasteiger partial charge in [-0.1, -0.05) is 66.8 Å². The summed E-state index contributed by atoms with van der Waals surface area (Å²) in [6.45, 7) is 7.40. The summed E-state index contributed by atoms with van der Waals surface area (Å²) in [4.78, 5) is 124. The lowest BCUT2D eigenvalue weighted by molar-refractivity contribution is -0.138. The number of hydrogen-bond donors (Lipinski definition) is 6. The Hall–Kier alpha value is -15.1. The molecule has 3 fully saturated rings. The number of ether oxygens (including phenoxy) is 5. The topological polar surface area (TPSA) is 380 Å². The van der Waals surface area contributed by atoms with E-state index in [9.17, 15) is 41.9 Å². The van der Waals surface area contributed by atoms with Crippen molar-refractivity contribution in [3.63, 3.8) is 0 Å². The highest BCUT2D eigenvalue weighted by Gasteiger charge is 2.49. The number of aromatic nitrogens is 13. The summed E-state index contributed by atoms with van der Waals surface area (Å²) >= 11 is 3.07. The third-order valence-corrected chi connectivity index (χ3v) is 30.5. The van der Waals surface area contributed by atoms with E-state index in [1.165, 1.54) is 76.7 Å². The molecule has 0 bridgehead atoms. The molecular formula is C111H111F3N22O11S2. The Kier molecular flexibility index (Phi) is 31.7. The van der Waals surface area contributed by atoms with E-state index in [-0.39, 0.29) is 98.9 Å². The Morgan fingerprint density at radius 3 is 1.09 bits per heavy atom. The van der Waals surface area contributed by atoms with Gasteiger partial charge in [-0.05, 0) is 200 Å². The monoisotopic (exact) mass is 2050 g/mol. The number of amides is 6. The molecule has 15 aromatic rings. The van der Waals surface area contributed by atoms with Crippen LogP contribution in [-0.4, -0.2) is 286 Å². The van der Waals surface area contributed by atoms with Gasteiger partial charge in [0.25, 0.3) is 11.8 Å². The number of likely N-dealkylation sites (tertiary alicyclic amines) is 3. The van der Waals surface area contributed by atoms with Crippen LogP contribution in [0.15, 0.2) is 238 Å². The summed E-state index contributed by atoms with van der Waals surface area (Å²) in [5.74, 6) is 0.453. The van der Waals surface area contributed by atoms with E-state index >= 15 is 0 Å². The fourth-order valence-electron chi connectivity index (χ4n) is 19.7. The van der Waals surface area contributed by atoms with Crippen LogP contribution in [0.5, 0.6) is 0 Å². The highest BCUT2D eigenvalue weighted by Crippen LogP contribution is 2.41. The van der Waals surface area contributed by atoms with Gasteiger partial charge < -0.3 is 54.3 Å². The van der Waals surface area contributed by atoms with E-state index in [0.717, 1.165) is 100.0 Å². The zero-order valence-corrected chi connectivity index (χ0v) is 84.7. The predicted octanol–water partition coefficient (Wildman–Crippen LogP) is 16.1. The SMILES string of the molecule is COCc1cc(-c2n[nH]c3ccc(NC(=O)[C@]4(OC)CCN(CC(=O)N5CC=C(c6ccc(-c7ncccn7)cc6)CC5)C4)cc23)ccc1F.COCc1cc(-c2n[nH]c3ccc(NC(=O)[C@]4(OC)CCN(CC(=O)N5CC=C(c6ncc(-c7ncccn7)s6)CC5)C4)cc23)ccc1F.COCc1cc(-c2n[nH]c3ccc(NC(=O)[C@]4(SC)CCN(CC(=O)N5CC=C(c6ccc(-c7ncccn7)cc6)CC5)C4)cc23)ccc1F. The summed E-state index contributed by atoms with van der Waals surface area (Å²) in [5.41, 5.74) is 15.1. The molecule has 21 rings (SSSR count). The molecule has 6 aliphatic rings. The zero-order chi connectivity index (χ0) is 103. The second-order valence-electron chi connectivity index (χ2n) is 37.4. The van der Waals surface area contributed by atoms with Gasteiger partial charge in [-0.25, -0.2) is 48.1 Å². The Morgan fingerprint density at radius 1 is 0.389 bits per heavy atom. The van der Waals surface area contributed by atoms with Crippen molar-refractivity contribution in [1.29, 1.82) is 0 Å². The molecule has 0 radical (unpaired) electrons. The normalized spacial score (nSPS) is 18.0. The van der Waals surface area contributed by atoms with Crippen molar-refractivity contribution in [2.75, 3.05) is 156 Å². The minimum atomic E-state index is -1.11. The van der Waals surface area contributed by atoms with Crippen LogP contribution in [0.1, 0.15) is 71.3 Å². The fourth-order valence-corrected chi connectivity index (χ4v) is 21.5. The molecule has 7 aromatic heterocycles. The number of carbonyl (C=O) groups excluding carboxylic acids is 6. The number of thiazole rings is 1. The predicted molar refractivity (Wildman–Crippen MR) is 567 cm³/mol. The third kappa shape index (κ3) is 23.1. The fraction of sp³-hybridized carbons (Fsp3) is 0.297. The van der Waals surface area contributed by atoms with Crippen molar-refractivity contribution in [2.24, 2.45) is 0 Å². The van der Waals surface area contributed by atoms with Gasteiger partial charge in [0, 0.05) is 235 Å². The van der Waals surface area contributed by atoms with Crippen LogP contribution >= 0.6 is 23.1 Å². The molecule has 33 nitrogen and oxygen atoms in total. The quantitative estimate of drug-likeness (QED) is 0.0243.